The van der Waals surface area contributed by atoms with Crippen LogP contribution >= 0.6 is 0 Å². The first-order chi connectivity index (χ1) is 10.2. The number of anilines is 1. The highest BCUT2D eigenvalue weighted by atomic mass is 15.3. The molecular formula is C18H27N3. The largest absolute Gasteiger partial charge is 0.399 e. The lowest BCUT2D eigenvalue weighted by atomic mass is 10.2. The third kappa shape index (κ3) is 5.03. The van der Waals surface area contributed by atoms with Gasteiger partial charge in [0.2, 0.25) is 0 Å². The van der Waals surface area contributed by atoms with Crippen LogP contribution in [0.2, 0.25) is 0 Å². The van der Waals surface area contributed by atoms with E-state index in [4.69, 9.17) is 5.73 Å². The fraction of sp³-hybridized carbons (Fsp3) is 0.333. The standard InChI is InChI=1S/C16H21N3.C2H6/c1-3-4-5-6-16-18(2)11-12-19(16)13-14-7-9-15(17)10-8-14;1-2/h4-12H,3,13,17H2,1-2H3;1-2H3/b5-4+,16-6+;. The summed E-state index contributed by atoms with van der Waals surface area (Å²) in [6.45, 7) is 6.99. The van der Waals surface area contributed by atoms with Gasteiger partial charge in [-0.2, -0.15) is 0 Å². The number of hydrogen-bond donors (Lipinski definition) is 1. The van der Waals surface area contributed by atoms with Crippen LogP contribution in [0, 0.1) is 0 Å². The lowest BCUT2D eigenvalue weighted by Gasteiger charge is -2.22. The monoisotopic (exact) mass is 285 g/mol. The third-order valence-electron chi connectivity index (χ3n) is 3.08. The Morgan fingerprint density at radius 2 is 1.76 bits per heavy atom. The first-order valence-electron chi connectivity index (χ1n) is 7.59. The summed E-state index contributed by atoms with van der Waals surface area (Å²) in [5, 5.41) is 0. The van der Waals surface area contributed by atoms with Crippen molar-refractivity contribution in [2.45, 2.75) is 33.7 Å². The molecule has 3 nitrogen and oxygen atoms in total. The zero-order valence-electron chi connectivity index (χ0n) is 13.6. The molecule has 2 N–H and O–H groups in total. The molecule has 0 bridgehead atoms. The van der Waals surface area contributed by atoms with Gasteiger partial charge in [-0.15, -0.1) is 0 Å². The fourth-order valence-electron chi connectivity index (χ4n) is 1.99. The van der Waals surface area contributed by atoms with Gasteiger partial charge in [0.1, 0.15) is 5.82 Å². The molecule has 0 fully saturated rings. The van der Waals surface area contributed by atoms with Crippen molar-refractivity contribution < 1.29 is 0 Å². The van der Waals surface area contributed by atoms with E-state index in [2.05, 4.69) is 66.5 Å². The maximum Gasteiger partial charge on any atom is 0.112 e. The summed E-state index contributed by atoms with van der Waals surface area (Å²) in [5.74, 6) is 1.18. The van der Waals surface area contributed by atoms with Gasteiger partial charge in [-0.25, -0.2) is 0 Å². The maximum absolute atomic E-state index is 5.71. The molecule has 1 aromatic rings. The molecule has 0 aliphatic carbocycles. The van der Waals surface area contributed by atoms with E-state index in [9.17, 15) is 0 Å². The average molecular weight is 285 g/mol. The molecule has 0 saturated heterocycles. The van der Waals surface area contributed by atoms with Crippen LogP contribution in [0.3, 0.4) is 0 Å². The molecule has 0 aromatic heterocycles. The number of hydrogen-bond acceptors (Lipinski definition) is 3. The second-order valence-electron chi connectivity index (χ2n) is 4.64. The van der Waals surface area contributed by atoms with Crippen LogP contribution in [-0.2, 0) is 6.54 Å². The highest BCUT2D eigenvalue weighted by molar-refractivity contribution is 5.39. The summed E-state index contributed by atoms with van der Waals surface area (Å²) in [4.78, 5) is 4.35. The van der Waals surface area contributed by atoms with Crippen molar-refractivity contribution in [1.82, 2.24) is 9.80 Å². The normalized spacial score (nSPS) is 15.7. The summed E-state index contributed by atoms with van der Waals surface area (Å²) < 4.78 is 0. The van der Waals surface area contributed by atoms with Crippen molar-refractivity contribution in [2.24, 2.45) is 0 Å². The first-order valence-corrected chi connectivity index (χ1v) is 7.59. The van der Waals surface area contributed by atoms with Crippen LogP contribution < -0.4 is 5.73 Å². The molecule has 0 atom stereocenters. The van der Waals surface area contributed by atoms with E-state index in [1.165, 1.54) is 11.4 Å². The summed E-state index contributed by atoms with van der Waals surface area (Å²) >= 11 is 0. The van der Waals surface area contributed by atoms with E-state index < -0.39 is 0 Å². The fourth-order valence-corrected chi connectivity index (χ4v) is 1.99. The Kier molecular flexibility index (Phi) is 7.16. The van der Waals surface area contributed by atoms with E-state index in [1.807, 2.05) is 26.0 Å². The predicted molar refractivity (Wildman–Crippen MR) is 92.2 cm³/mol. The van der Waals surface area contributed by atoms with Gasteiger partial charge in [-0.3, -0.25) is 0 Å². The van der Waals surface area contributed by atoms with Crippen LogP contribution in [0.1, 0.15) is 32.8 Å². The van der Waals surface area contributed by atoms with Crippen molar-refractivity contribution in [3.8, 4) is 0 Å². The topological polar surface area (TPSA) is 32.5 Å². The average Bonchev–Trinajstić information content (AvgIpc) is 2.85. The Hall–Kier alpha value is -2.16. The van der Waals surface area contributed by atoms with Crippen molar-refractivity contribution in [2.75, 3.05) is 12.8 Å². The number of benzene rings is 1. The minimum atomic E-state index is 0.805. The Balaban J connectivity index is 0.00000106. The number of nitrogen functional groups attached to an aromatic ring is 1. The molecule has 0 saturated carbocycles. The molecule has 21 heavy (non-hydrogen) atoms. The summed E-state index contributed by atoms with van der Waals surface area (Å²) in [5.41, 5.74) is 7.76. The van der Waals surface area contributed by atoms with Crippen LogP contribution in [0.15, 0.2) is 60.7 Å². The van der Waals surface area contributed by atoms with Crippen LogP contribution in [0.4, 0.5) is 5.69 Å². The van der Waals surface area contributed by atoms with Gasteiger partial charge in [0.25, 0.3) is 0 Å². The second-order valence-corrected chi connectivity index (χ2v) is 4.64. The van der Waals surface area contributed by atoms with Gasteiger partial charge in [0, 0.05) is 31.7 Å². The van der Waals surface area contributed by atoms with E-state index in [-0.39, 0.29) is 0 Å². The first kappa shape index (κ1) is 16.9. The maximum atomic E-state index is 5.71. The van der Waals surface area contributed by atoms with Crippen molar-refractivity contribution in [1.29, 1.82) is 0 Å². The van der Waals surface area contributed by atoms with E-state index in [1.54, 1.807) is 0 Å². The Morgan fingerprint density at radius 3 is 2.38 bits per heavy atom. The summed E-state index contributed by atoms with van der Waals surface area (Å²) in [6, 6.07) is 8.03. The smallest absolute Gasteiger partial charge is 0.112 e. The van der Waals surface area contributed by atoms with E-state index in [0.717, 1.165) is 18.7 Å². The van der Waals surface area contributed by atoms with Crippen LogP contribution in [-0.4, -0.2) is 16.8 Å². The molecule has 0 amide bonds. The number of rotatable bonds is 4. The highest BCUT2D eigenvalue weighted by Gasteiger charge is 2.15. The Labute approximate surface area is 129 Å². The molecule has 1 aromatic carbocycles. The van der Waals surface area contributed by atoms with Gasteiger partial charge in [-0.05, 0) is 30.2 Å². The van der Waals surface area contributed by atoms with Crippen molar-refractivity contribution in [3.63, 3.8) is 0 Å². The molecule has 1 aliphatic rings. The molecule has 1 aliphatic heterocycles. The SMILES string of the molecule is CC.CC/C=C/C=C1\N(C)C=CN1Cc1ccc(N)cc1. The van der Waals surface area contributed by atoms with Crippen LogP contribution in [0.25, 0.3) is 0 Å². The lowest BCUT2D eigenvalue weighted by Crippen LogP contribution is -2.19. The number of allylic oxidation sites excluding steroid dienone is 3. The molecular weight excluding hydrogens is 258 g/mol. The summed E-state index contributed by atoms with van der Waals surface area (Å²) in [6.07, 6.45) is 11.6. The van der Waals surface area contributed by atoms with Gasteiger partial charge in [0.15, 0.2) is 0 Å². The number of nitrogens with zero attached hydrogens (tertiary/aromatic N) is 2. The highest BCUT2D eigenvalue weighted by Crippen LogP contribution is 2.21. The molecule has 1 heterocycles. The summed E-state index contributed by atoms with van der Waals surface area (Å²) in [7, 11) is 2.06. The van der Waals surface area contributed by atoms with Crippen molar-refractivity contribution >= 4 is 5.69 Å². The Morgan fingerprint density at radius 1 is 1.10 bits per heavy atom. The Bertz CT molecular complexity index is 498. The molecule has 2 rings (SSSR count). The van der Waals surface area contributed by atoms with Gasteiger partial charge in [-0.1, -0.05) is 45.1 Å². The van der Waals surface area contributed by atoms with Crippen molar-refractivity contribution in [3.05, 3.63) is 66.3 Å². The van der Waals surface area contributed by atoms with E-state index in [0.29, 0.717) is 0 Å². The third-order valence-corrected chi connectivity index (χ3v) is 3.08. The second kappa shape index (κ2) is 8.90. The molecule has 0 spiro atoms. The quantitative estimate of drug-likeness (QED) is 0.836. The predicted octanol–water partition coefficient (Wildman–Crippen LogP) is 4.32. The van der Waals surface area contributed by atoms with Gasteiger partial charge >= 0.3 is 0 Å². The molecule has 0 unspecified atom stereocenters. The van der Waals surface area contributed by atoms with E-state index >= 15 is 0 Å². The minimum Gasteiger partial charge on any atom is -0.399 e. The van der Waals surface area contributed by atoms with Gasteiger partial charge in [0.05, 0.1) is 0 Å². The lowest BCUT2D eigenvalue weighted by molar-refractivity contribution is 0.387. The van der Waals surface area contributed by atoms with Gasteiger partial charge < -0.3 is 15.5 Å². The zero-order valence-corrected chi connectivity index (χ0v) is 13.6. The molecule has 3 heteroatoms. The molecule has 114 valence electrons. The molecule has 0 radical (unpaired) electrons. The number of nitrogens with two attached hydrogens (primary N) is 1. The van der Waals surface area contributed by atoms with Crippen LogP contribution in [0.5, 0.6) is 0 Å². The zero-order chi connectivity index (χ0) is 15.7. The minimum absolute atomic E-state index is 0.805.